The number of hydrogen-bond acceptors (Lipinski definition) is 1. The average molecular weight is 145 g/mol. The summed E-state index contributed by atoms with van der Waals surface area (Å²) in [5.41, 5.74) is 2.02. The van der Waals surface area contributed by atoms with Crippen LogP contribution in [-0.2, 0) is 0 Å². The van der Waals surface area contributed by atoms with Crippen molar-refractivity contribution in [2.75, 3.05) is 0 Å². The Morgan fingerprint density at radius 1 is 1.64 bits per heavy atom. The van der Waals surface area contributed by atoms with Crippen LogP contribution < -0.4 is 0 Å². The maximum absolute atomic E-state index is 8.64. The average Bonchev–Trinajstić information content (AvgIpc) is 2.28. The van der Waals surface area contributed by atoms with Gasteiger partial charge in [0, 0.05) is 5.57 Å². The van der Waals surface area contributed by atoms with Crippen LogP contribution in [0.25, 0.3) is 0 Å². The largest absolute Gasteiger partial charge is 0.192 e. The molecule has 0 heterocycles. The summed E-state index contributed by atoms with van der Waals surface area (Å²) in [4.78, 5) is 0. The van der Waals surface area contributed by atoms with Crippen LogP contribution in [0.2, 0.25) is 0 Å². The molecule has 0 fully saturated rings. The fraction of sp³-hybridized carbons (Fsp3) is 0.300. The predicted molar refractivity (Wildman–Crippen MR) is 45.8 cm³/mol. The lowest BCUT2D eigenvalue weighted by Gasteiger charge is -1.92. The minimum Gasteiger partial charge on any atom is -0.192 e. The molecule has 1 aliphatic rings. The summed E-state index contributed by atoms with van der Waals surface area (Å²) in [5.74, 6) is 0. The van der Waals surface area contributed by atoms with Crippen molar-refractivity contribution >= 4 is 0 Å². The van der Waals surface area contributed by atoms with E-state index in [2.05, 4.69) is 25.1 Å². The second kappa shape index (κ2) is 3.78. The Bertz CT molecular complexity index is 261. The van der Waals surface area contributed by atoms with E-state index in [1.165, 1.54) is 5.57 Å². The van der Waals surface area contributed by atoms with Crippen molar-refractivity contribution in [1.82, 2.24) is 0 Å². The summed E-state index contributed by atoms with van der Waals surface area (Å²) >= 11 is 0. The number of rotatable bonds is 1. The molecule has 1 aliphatic carbocycles. The Morgan fingerprint density at radius 3 is 3.09 bits per heavy atom. The van der Waals surface area contributed by atoms with E-state index in [-0.39, 0.29) is 0 Å². The molecule has 0 aliphatic heterocycles. The van der Waals surface area contributed by atoms with E-state index in [9.17, 15) is 0 Å². The second-order valence-corrected chi connectivity index (χ2v) is 2.48. The second-order valence-electron chi connectivity index (χ2n) is 2.48. The lowest BCUT2D eigenvalue weighted by molar-refractivity contribution is 1.15. The van der Waals surface area contributed by atoms with Gasteiger partial charge in [-0.05, 0) is 24.5 Å². The molecule has 0 saturated heterocycles. The van der Waals surface area contributed by atoms with Gasteiger partial charge in [0.1, 0.15) is 0 Å². The number of nitriles is 1. The summed E-state index contributed by atoms with van der Waals surface area (Å²) in [6.07, 6.45) is 9.93. The van der Waals surface area contributed by atoms with E-state index in [1.807, 2.05) is 12.2 Å². The van der Waals surface area contributed by atoms with Crippen LogP contribution in [0.5, 0.6) is 0 Å². The summed E-state index contributed by atoms with van der Waals surface area (Å²) in [7, 11) is 0. The zero-order chi connectivity index (χ0) is 8.10. The topological polar surface area (TPSA) is 23.8 Å². The van der Waals surface area contributed by atoms with Crippen molar-refractivity contribution in [2.45, 2.75) is 19.8 Å². The monoisotopic (exact) mass is 145 g/mol. The summed E-state index contributed by atoms with van der Waals surface area (Å²) < 4.78 is 0. The van der Waals surface area contributed by atoms with E-state index in [0.717, 1.165) is 18.4 Å². The van der Waals surface area contributed by atoms with E-state index in [0.29, 0.717) is 0 Å². The molecule has 0 aromatic heterocycles. The smallest absolute Gasteiger partial charge is 0.0988 e. The van der Waals surface area contributed by atoms with Gasteiger partial charge in [-0.3, -0.25) is 0 Å². The van der Waals surface area contributed by atoms with Gasteiger partial charge in [0.2, 0.25) is 0 Å². The molecule has 11 heavy (non-hydrogen) atoms. The zero-order valence-electron chi connectivity index (χ0n) is 6.67. The first-order chi connectivity index (χ1) is 5.36. The van der Waals surface area contributed by atoms with Gasteiger partial charge in [-0.15, -0.1) is 0 Å². The molecule has 0 radical (unpaired) electrons. The highest BCUT2D eigenvalue weighted by Gasteiger charge is 1.95. The normalized spacial score (nSPS) is 16.4. The molecule has 0 N–H and O–H groups in total. The fourth-order valence-corrected chi connectivity index (χ4v) is 1.02. The Hall–Kier alpha value is -1.29. The van der Waals surface area contributed by atoms with Crippen LogP contribution in [0.1, 0.15) is 19.8 Å². The van der Waals surface area contributed by atoms with Gasteiger partial charge < -0.3 is 0 Å². The van der Waals surface area contributed by atoms with Gasteiger partial charge in [0.25, 0.3) is 0 Å². The molecule has 56 valence electrons. The van der Waals surface area contributed by atoms with Crippen molar-refractivity contribution in [3.05, 3.63) is 35.5 Å². The molecule has 0 bridgehead atoms. The standard InChI is InChI=1S/C10H11N/c1-2-9-5-3-4-6-10(7-9)8-11/h3,5-7H,2,4H2,1H3. The van der Waals surface area contributed by atoms with Gasteiger partial charge in [0.05, 0.1) is 6.07 Å². The van der Waals surface area contributed by atoms with Crippen molar-refractivity contribution in [2.24, 2.45) is 0 Å². The van der Waals surface area contributed by atoms with Crippen LogP contribution >= 0.6 is 0 Å². The van der Waals surface area contributed by atoms with Gasteiger partial charge >= 0.3 is 0 Å². The molecule has 0 amide bonds. The SMILES string of the molecule is CCC1=CC(C#N)=CCC=C1. The first-order valence-corrected chi connectivity index (χ1v) is 3.84. The van der Waals surface area contributed by atoms with E-state index >= 15 is 0 Å². The molecule has 1 rings (SSSR count). The van der Waals surface area contributed by atoms with Gasteiger partial charge in [-0.25, -0.2) is 0 Å². The van der Waals surface area contributed by atoms with E-state index in [1.54, 1.807) is 0 Å². The molecule has 1 nitrogen and oxygen atoms in total. The molecule has 0 saturated carbocycles. The molecular weight excluding hydrogens is 134 g/mol. The number of nitrogens with zero attached hydrogens (tertiary/aromatic N) is 1. The lowest BCUT2D eigenvalue weighted by Crippen LogP contribution is -1.75. The molecule has 0 atom stereocenters. The first kappa shape index (κ1) is 7.81. The van der Waals surface area contributed by atoms with E-state index < -0.39 is 0 Å². The minimum absolute atomic E-state index is 0.784. The zero-order valence-corrected chi connectivity index (χ0v) is 6.67. The Balaban J connectivity index is 2.88. The summed E-state index contributed by atoms with van der Waals surface area (Å²) in [6, 6.07) is 2.15. The fourth-order valence-electron chi connectivity index (χ4n) is 1.02. The molecule has 0 aromatic rings. The van der Waals surface area contributed by atoms with Crippen LogP contribution in [0, 0.1) is 11.3 Å². The van der Waals surface area contributed by atoms with Crippen molar-refractivity contribution in [3.63, 3.8) is 0 Å². The maximum Gasteiger partial charge on any atom is 0.0988 e. The minimum atomic E-state index is 0.784. The van der Waals surface area contributed by atoms with Crippen LogP contribution in [0.3, 0.4) is 0 Å². The van der Waals surface area contributed by atoms with Gasteiger partial charge in [-0.1, -0.05) is 25.2 Å². The third-order valence-electron chi connectivity index (χ3n) is 1.68. The lowest BCUT2D eigenvalue weighted by atomic mass is 10.1. The van der Waals surface area contributed by atoms with Crippen molar-refractivity contribution in [3.8, 4) is 6.07 Å². The summed E-state index contributed by atoms with van der Waals surface area (Å²) in [5, 5.41) is 8.64. The third kappa shape index (κ3) is 2.09. The quantitative estimate of drug-likeness (QED) is 0.556. The molecular formula is C10H11N. The Labute approximate surface area is 67.3 Å². The van der Waals surface area contributed by atoms with Crippen molar-refractivity contribution in [1.29, 1.82) is 5.26 Å². The Kier molecular flexibility index (Phi) is 2.68. The van der Waals surface area contributed by atoms with Gasteiger partial charge in [-0.2, -0.15) is 5.26 Å². The number of hydrogen-bond donors (Lipinski definition) is 0. The molecule has 0 spiro atoms. The van der Waals surface area contributed by atoms with Crippen molar-refractivity contribution < 1.29 is 0 Å². The van der Waals surface area contributed by atoms with Gasteiger partial charge in [0.15, 0.2) is 0 Å². The number of allylic oxidation sites excluding steroid dienone is 6. The highest BCUT2D eigenvalue weighted by atomic mass is 14.2. The van der Waals surface area contributed by atoms with Crippen LogP contribution in [0.15, 0.2) is 35.5 Å². The van der Waals surface area contributed by atoms with E-state index in [4.69, 9.17) is 5.26 Å². The third-order valence-corrected chi connectivity index (χ3v) is 1.68. The predicted octanol–water partition coefficient (Wildman–Crippen LogP) is 2.73. The molecule has 0 unspecified atom stereocenters. The molecule has 1 heteroatoms. The molecule has 0 aromatic carbocycles. The highest BCUT2D eigenvalue weighted by Crippen LogP contribution is 2.12. The maximum atomic E-state index is 8.64. The van der Waals surface area contributed by atoms with Crippen LogP contribution in [-0.4, -0.2) is 0 Å². The highest BCUT2D eigenvalue weighted by molar-refractivity contribution is 5.41. The summed E-state index contributed by atoms with van der Waals surface area (Å²) in [6.45, 7) is 2.09. The van der Waals surface area contributed by atoms with Crippen LogP contribution in [0.4, 0.5) is 0 Å². The Morgan fingerprint density at radius 2 is 2.45 bits per heavy atom. The first-order valence-electron chi connectivity index (χ1n) is 3.84.